The normalized spacial score (nSPS) is 15.9. The molecule has 0 unspecified atom stereocenters. The lowest BCUT2D eigenvalue weighted by Gasteiger charge is -2.27. The van der Waals surface area contributed by atoms with Crippen LogP contribution in [0.2, 0.25) is 0 Å². The topological polar surface area (TPSA) is 94.2 Å². The summed E-state index contributed by atoms with van der Waals surface area (Å²) in [5.41, 5.74) is 3.56. The first-order chi connectivity index (χ1) is 17.3. The maximum Gasteiger partial charge on any atom is 0.335 e. The first-order valence-corrected chi connectivity index (χ1v) is 11.9. The van der Waals surface area contributed by atoms with Gasteiger partial charge < -0.3 is 14.2 Å². The van der Waals surface area contributed by atoms with Crippen molar-refractivity contribution in [1.29, 1.82) is 0 Å². The fourth-order valence-electron chi connectivity index (χ4n) is 4.05. The number of carbonyl (C=O) groups is 3. The van der Waals surface area contributed by atoms with Crippen LogP contribution >= 0.6 is 15.9 Å². The van der Waals surface area contributed by atoms with Crippen LogP contribution in [0.15, 0.2) is 64.6 Å². The molecule has 4 amide bonds. The molecule has 0 spiro atoms. The molecule has 5 rings (SSSR count). The first kappa shape index (κ1) is 23.6. The molecule has 3 aromatic carbocycles. The number of halogens is 1. The Bertz CT molecular complexity index is 1430. The number of aryl methyl sites for hydroxylation is 2. The maximum absolute atomic E-state index is 13.2. The van der Waals surface area contributed by atoms with Crippen molar-refractivity contribution in [1.82, 2.24) is 5.32 Å². The van der Waals surface area contributed by atoms with E-state index in [2.05, 4.69) is 21.2 Å². The molecule has 0 atom stereocenters. The number of imide groups is 2. The van der Waals surface area contributed by atoms with Crippen molar-refractivity contribution in [3.8, 4) is 17.2 Å². The number of rotatable bonds is 5. The third kappa shape index (κ3) is 4.70. The molecular weight excluding hydrogens is 528 g/mol. The van der Waals surface area contributed by atoms with Gasteiger partial charge in [-0.1, -0.05) is 18.2 Å². The van der Waals surface area contributed by atoms with E-state index in [0.717, 1.165) is 21.6 Å². The zero-order chi connectivity index (χ0) is 25.4. The Morgan fingerprint density at radius 3 is 2.47 bits per heavy atom. The Morgan fingerprint density at radius 2 is 1.72 bits per heavy atom. The zero-order valence-corrected chi connectivity index (χ0v) is 21.0. The summed E-state index contributed by atoms with van der Waals surface area (Å²) in [6.07, 6.45) is 1.45. The molecule has 0 bridgehead atoms. The van der Waals surface area contributed by atoms with E-state index in [1.165, 1.54) is 6.08 Å². The predicted octanol–water partition coefficient (Wildman–Crippen LogP) is 5.04. The SMILES string of the molecule is Cc1cc(C)cc(N2C(=O)NC(=O)/C(=C\c3ccc(OCc4ccc5c(c4)OCO5)c(Br)c3)C2=O)c1. The number of barbiturate groups is 1. The second-order valence-electron chi connectivity index (χ2n) is 8.47. The van der Waals surface area contributed by atoms with Crippen LogP contribution < -0.4 is 24.4 Å². The summed E-state index contributed by atoms with van der Waals surface area (Å²) >= 11 is 3.49. The van der Waals surface area contributed by atoms with Gasteiger partial charge in [0.1, 0.15) is 17.9 Å². The molecule has 2 aliphatic rings. The number of fused-ring (bicyclic) bond motifs is 1. The number of nitrogens with one attached hydrogen (secondary N) is 1. The van der Waals surface area contributed by atoms with E-state index in [0.29, 0.717) is 39.6 Å². The largest absolute Gasteiger partial charge is 0.488 e. The van der Waals surface area contributed by atoms with Crippen LogP contribution in [0.3, 0.4) is 0 Å². The molecule has 2 aliphatic heterocycles. The smallest absolute Gasteiger partial charge is 0.335 e. The second kappa shape index (κ2) is 9.50. The van der Waals surface area contributed by atoms with Crippen molar-refractivity contribution in [2.75, 3.05) is 11.7 Å². The Hall–Kier alpha value is -4.11. The number of amides is 4. The summed E-state index contributed by atoms with van der Waals surface area (Å²) in [5, 5.41) is 2.25. The Kier molecular flexibility index (Phi) is 6.24. The summed E-state index contributed by atoms with van der Waals surface area (Å²) in [7, 11) is 0. The average molecular weight is 549 g/mol. The number of carbonyl (C=O) groups excluding carboxylic acids is 3. The van der Waals surface area contributed by atoms with Gasteiger partial charge in [0.25, 0.3) is 11.8 Å². The standard InChI is InChI=1S/C27H21BrN2O6/c1-15-7-16(2)9-19(8-15)30-26(32)20(25(31)29-27(30)33)10-17-3-5-22(21(28)11-17)34-13-18-4-6-23-24(12-18)36-14-35-23/h3-12H,13-14H2,1-2H3,(H,29,31,33)/b20-10+. The number of benzene rings is 3. The fraction of sp³-hybridized carbons (Fsp3) is 0.148. The van der Waals surface area contributed by atoms with Crippen LogP contribution in [0.25, 0.3) is 6.08 Å². The average Bonchev–Trinajstić information content (AvgIpc) is 3.28. The Morgan fingerprint density at radius 1 is 0.972 bits per heavy atom. The van der Waals surface area contributed by atoms with Crippen LogP contribution in [0.1, 0.15) is 22.3 Å². The van der Waals surface area contributed by atoms with Crippen molar-refractivity contribution >= 4 is 45.5 Å². The highest BCUT2D eigenvalue weighted by Gasteiger charge is 2.37. The molecule has 8 nitrogen and oxygen atoms in total. The van der Waals surface area contributed by atoms with Gasteiger partial charge in [-0.2, -0.15) is 0 Å². The maximum atomic E-state index is 13.2. The quantitative estimate of drug-likeness (QED) is 0.354. The molecule has 1 saturated heterocycles. The lowest BCUT2D eigenvalue weighted by Crippen LogP contribution is -2.54. The van der Waals surface area contributed by atoms with E-state index in [4.69, 9.17) is 14.2 Å². The van der Waals surface area contributed by atoms with Gasteiger partial charge >= 0.3 is 6.03 Å². The molecule has 1 N–H and O–H groups in total. The molecule has 0 saturated carbocycles. The molecule has 36 heavy (non-hydrogen) atoms. The number of hydrogen-bond acceptors (Lipinski definition) is 6. The molecule has 182 valence electrons. The fourth-order valence-corrected chi connectivity index (χ4v) is 4.57. The minimum atomic E-state index is -0.777. The number of nitrogens with zero attached hydrogens (tertiary/aromatic N) is 1. The molecule has 2 heterocycles. The highest BCUT2D eigenvalue weighted by molar-refractivity contribution is 9.10. The molecule has 9 heteroatoms. The summed E-state index contributed by atoms with van der Waals surface area (Å²) in [6.45, 7) is 4.26. The molecule has 3 aromatic rings. The number of urea groups is 1. The lowest BCUT2D eigenvalue weighted by molar-refractivity contribution is -0.122. The van der Waals surface area contributed by atoms with Crippen LogP contribution in [0.4, 0.5) is 10.5 Å². The van der Waals surface area contributed by atoms with Crippen LogP contribution in [-0.2, 0) is 16.2 Å². The molecule has 0 aliphatic carbocycles. The van der Waals surface area contributed by atoms with E-state index in [1.54, 1.807) is 30.3 Å². The van der Waals surface area contributed by atoms with Crippen LogP contribution in [0.5, 0.6) is 17.2 Å². The van der Waals surface area contributed by atoms with E-state index in [1.807, 2.05) is 38.1 Å². The van der Waals surface area contributed by atoms with Crippen LogP contribution in [-0.4, -0.2) is 24.6 Å². The summed E-state index contributed by atoms with van der Waals surface area (Å²) in [6, 6.07) is 15.4. The summed E-state index contributed by atoms with van der Waals surface area (Å²) < 4.78 is 17.3. The zero-order valence-electron chi connectivity index (χ0n) is 19.5. The lowest BCUT2D eigenvalue weighted by atomic mass is 10.1. The second-order valence-corrected chi connectivity index (χ2v) is 9.32. The van der Waals surface area contributed by atoms with Gasteiger partial charge in [-0.15, -0.1) is 0 Å². The van der Waals surface area contributed by atoms with E-state index in [-0.39, 0.29) is 12.4 Å². The van der Waals surface area contributed by atoms with Crippen LogP contribution in [0, 0.1) is 13.8 Å². The molecular formula is C27H21BrN2O6. The van der Waals surface area contributed by atoms with Crippen molar-refractivity contribution in [2.45, 2.75) is 20.5 Å². The third-order valence-electron chi connectivity index (χ3n) is 5.66. The summed E-state index contributed by atoms with van der Waals surface area (Å²) in [5.74, 6) is 0.538. The van der Waals surface area contributed by atoms with E-state index < -0.39 is 17.8 Å². The van der Waals surface area contributed by atoms with Gasteiger partial charge in [0.15, 0.2) is 11.5 Å². The Balaban J connectivity index is 1.35. The van der Waals surface area contributed by atoms with Crippen molar-refractivity contribution in [2.24, 2.45) is 0 Å². The van der Waals surface area contributed by atoms with Crippen molar-refractivity contribution < 1.29 is 28.6 Å². The van der Waals surface area contributed by atoms with E-state index >= 15 is 0 Å². The van der Waals surface area contributed by atoms with Gasteiger partial charge in [-0.05, 0) is 94.5 Å². The summed E-state index contributed by atoms with van der Waals surface area (Å²) in [4.78, 5) is 39.2. The van der Waals surface area contributed by atoms with Gasteiger partial charge in [-0.25, -0.2) is 9.69 Å². The first-order valence-electron chi connectivity index (χ1n) is 11.1. The van der Waals surface area contributed by atoms with Gasteiger partial charge in [0.2, 0.25) is 6.79 Å². The predicted molar refractivity (Wildman–Crippen MR) is 136 cm³/mol. The van der Waals surface area contributed by atoms with Crippen molar-refractivity contribution in [3.05, 3.63) is 86.9 Å². The molecule has 0 aromatic heterocycles. The van der Waals surface area contributed by atoms with Gasteiger partial charge in [0, 0.05) is 0 Å². The number of anilines is 1. The highest BCUT2D eigenvalue weighted by Crippen LogP contribution is 2.34. The van der Waals surface area contributed by atoms with Crippen molar-refractivity contribution in [3.63, 3.8) is 0 Å². The number of hydrogen-bond donors (Lipinski definition) is 1. The molecule has 0 radical (unpaired) electrons. The minimum absolute atomic E-state index is 0.144. The number of ether oxygens (including phenoxy) is 3. The van der Waals surface area contributed by atoms with E-state index in [9.17, 15) is 14.4 Å². The minimum Gasteiger partial charge on any atom is -0.488 e. The highest BCUT2D eigenvalue weighted by atomic mass is 79.9. The monoisotopic (exact) mass is 548 g/mol. The molecule has 1 fully saturated rings. The van der Waals surface area contributed by atoms with Gasteiger partial charge in [0.05, 0.1) is 10.2 Å². The Labute approximate surface area is 215 Å². The van der Waals surface area contributed by atoms with Gasteiger partial charge in [-0.3, -0.25) is 14.9 Å². The third-order valence-corrected chi connectivity index (χ3v) is 6.28.